The van der Waals surface area contributed by atoms with Gasteiger partial charge in [-0.25, -0.2) is 0 Å². The van der Waals surface area contributed by atoms with Crippen molar-refractivity contribution in [1.29, 1.82) is 0 Å². The first-order valence-electron chi connectivity index (χ1n) is 7.01. The minimum atomic E-state index is 0.552. The van der Waals surface area contributed by atoms with Crippen molar-refractivity contribution in [3.63, 3.8) is 0 Å². The molecule has 0 bridgehead atoms. The lowest BCUT2D eigenvalue weighted by atomic mass is 10.1. The summed E-state index contributed by atoms with van der Waals surface area (Å²) in [6.07, 6.45) is 1.79. The van der Waals surface area contributed by atoms with Crippen LogP contribution in [0.4, 0.5) is 0 Å². The first-order valence-corrected chi connectivity index (χ1v) is 8.21. The highest BCUT2D eigenvalue weighted by atomic mass is 79.9. The molecular formula is C17H11BrN4S. The number of hydrogen-bond acceptors (Lipinski definition) is 3. The van der Waals surface area contributed by atoms with E-state index in [1.165, 1.54) is 0 Å². The Morgan fingerprint density at radius 2 is 1.91 bits per heavy atom. The van der Waals surface area contributed by atoms with Crippen molar-refractivity contribution >= 4 is 39.1 Å². The Morgan fingerprint density at radius 3 is 2.78 bits per heavy atom. The van der Waals surface area contributed by atoms with Crippen LogP contribution in [0.25, 0.3) is 28.0 Å². The molecule has 0 aliphatic rings. The second-order valence-corrected chi connectivity index (χ2v) is 6.35. The predicted octanol–water partition coefficient (Wildman–Crippen LogP) is 4.91. The van der Waals surface area contributed by atoms with Crippen LogP contribution in [0.15, 0.2) is 65.3 Å². The maximum Gasteiger partial charge on any atom is 0.200 e. The van der Waals surface area contributed by atoms with E-state index in [1.807, 2.05) is 59.2 Å². The standard InChI is InChI=1S/C17H11BrN4S/c18-12-5-1-4-11(10-12)16-20-21-17(23)22(16)15-8-2-7-14-13(15)6-3-9-19-14/h1-10H,(H,21,23). The molecule has 0 radical (unpaired) electrons. The number of hydrogen-bond donors (Lipinski definition) is 1. The molecular weight excluding hydrogens is 372 g/mol. The molecule has 0 aliphatic heterocycles. The Hall–Kier alpha value is -2.31. The van der Waals surface area contributed by atoms with Gasteiger partial charge in [-0.3, -0.25) is 14.6 Å². The van der Waals surface area contributed by atoms with Crippen molar-refractivity contribution in [2.75, 3.05) is 0 Å². The predicted molar refractivity (Wildman–Crippen MR) is 97.2 cm³/mol. The lowest BCUT2D eigenvalue weighted by molar-refractivity contribution is 1.04. The molecule has 2 heterocycles. The average molecular weight is 383 g/mol. The third kappa shape index (κ3) is 2.50. The Bertz CT molecular complexity index is 1060. The van der Waals surface area contributed by atoms with E-state index in [0.717, 1.165) is 32.5 Å². The van der Waals surface area contributed by atoms with E-state index in [4.69, 9.17) is 12.2 Å². The van der Waals surface area contributed by atoms with E-state index in [0.29, 0.717) is 4.77 Å². The second-order valence-electron chi connectivity index (χ2n) is 5.05. The Balaban J connectivity index is 2.03. The third-order valence-corrected chi connectivity index (χ3v) is 4.39. The van der Waals surface area contributed by atoms with Gasteiger partial charge in [-0.15, -0.1) is 0 Å². The number of aromatic nitrogens is 4. The van der Waals surface area contributed by atoms with E-state index < -0.39 is 0 Å². The fourth-order valence-electron chi connectivity index (χ4n) is 2.62. The van der Waals surface area contributed by atoms with E-state index in [9.17, 15) is 0 Å². The second kappa shape index (κ2) is 5.72. The number of rotatable bonds is 2. The molecule has 4 rings (SSSR count). The monoisotopic (exact) mass is 382 g/mol. The van der Waals surface area contributed by atoms with Crippen LogP contribution in [0.2, 0.25) is 0 Å². The van der Waals surface area contributed by atoms with Crippen molar-refractivity contribution < 1.29 is 0 Å². The SMILES string of the molecule is S=c1[nH]nc(-c2cccc(Br)c2)n1-c1cccc2ncccc12. The number of nitrogens with zero attached hydrogens (tertiary/aromatic N) is 3. The molecule has 2 aromatic carbocycles. The summed E-state index contributed by atoms with van der Waals surface area (Å²) in [7, 11) is 0. The van der Waals surface area contributed by atoms with Crippen LogP contribution in [0.1, 0.15) is 0 Å². The molecule has 0 fully saturated rings. The topological polar surface area (TPSA) is 46.5 Å². The molecule has 112 valence electrons. The molecule has 0 saturated carbocycles. The van der Waals surface area contributed by atoms with E-state index in [-0.39, 0.29) is 0 Å². The smallest absolute Gasteiger partial charge is 0.200 e. The van der Waals surface area contributed by atoms with E-state index >= 15 is 0 Å². The molecule has 6 heteroatoms. The molecule has 0 atom stereocenters. The number of aromatic amines is 1. The van der Waals surface area contributed by atoms with Gasteiger partial charge >= 0.3 is 0 Å². The van der Waals surface area contributed by atoms with Crippen LogP contribution in [0.3, 0.4) is 0 Å². The number of halogens is 1. The van der Waals surface area contributed by atoms with Gasteiger partial charge in [-0.1, -0.05) is 34.1 Å². The van der Waals surface area contributed by atoms with Crippen LogP contribution >= 0.6 is 28.1 Å². The van der Waals surface area contributed by atoms with Gasteiger partial charge in [0.05, 0.1) is 11.2 Å². The molecule has 4 aromatic rings. The highest BCUT2D eigenvalue weighted by Gasteiger charge is 2.13. The summed E-state index contributed by atoms with van der Waals surface area (Å²) in [6, 6.07) is 17.9. The van der Waals surface area contributed by atoms with E-state index in [2.05, 4.69) is 31.1 Å². The maximum absolute atomic E-state index is 5.46. The lowest BCUT2D eigenvalue weighted by Crippen LogP contribution is -1.99. The van der Waals surface area contributed by atoms with Crippen molar-refractivity contribution in [3.05, 3.63) is 70.0 Å². The summed E-state index contributed by atoms with van der Waals surface area (Å²) in [5.74, 6) is 0.771. The molecule has 1 N–H and O–H groups in total. The largest absolute Gasteiger partial charge is 0.267 e. The van der Waals surface area contributed by atoms with Crippen LogP contribution in [-0.2, 0) is 0 Å². The normalized spacial score (nSPS) is 11.0. The average Bonchev–Trinajstić information content (AvgIpc) is 2.96. The van der Waals surface area contributed by atoms with Crippen LogP contribution in [0, 0.1) is 4.77 Å². The summed E-state index contributed by atoms with van der Waals surface area (Å²) in [6.45, 7) is 0. The fraction of sp³-hybridized carbons (Fsp3) is 0. The lowest BCUT2D eigenvalue weighted by Gasteiger charge is -2.10. The Kier molecular flexibility index (Phi) is 3.55. The summed E-state index contributed by atoms with van der Waals surface area (Å²) in [5.41, 5.74) is 2.87. The highest BCUT2D eigenvalue weighted by Crippen LogP contribution is 2.27. The first kappa shape index (κ1) is 14.3. The van der Waals surface area contributed by atoms with Gasteiger partial charge in [-0.2, -0.15) is 5.10 Å². The van der Waals surface area contributed by atoms with Gasteiger partial charge < -0.3 is 0 Å². The van der Waals surface area contributed by atoms with Crippen molar-refractivity contribution in [2.24, 2.45) is 0 Å². The quantitative estimate of drug-likeness (QED) is 0.501. The summed E-state index contributed by atoms with van der Waals surface area (Å²) < 4.78 is 3.49. The number of pyridine rings is 1. The molecule has 23 heavy (non-hydrogen) atoms. The van der Waals surface area contributed by atoms with Gasteiger partial charge in [0.15, 0.2) is 10.6 Å². The van der Waals surface area contributed by atoms with Crippen LogP contribution in [-0.4, -0.2) is 19.7 Å². The van der Waals surface area contributed by atoms with Gasteiger partial charge in [-0.05, 0) is 48.6 Å². The minimum absolute atomic E-state index is 0.552. The van der Waals surface area contributed by atoms with Crippen molar-refractivity contribution in [2.45, 2.75) is 0 Å². The van der Waals surface area contributed by atoms with Crippen molar-refractivity contribution in [1.82, 2.24) is 19.7 Å². The third-order valence-electron chi connectivity index (χ3n) is 3.62. The molecule has 0 aliphatic carbocycles. The Morgan fingerprint density at radius 1 is 1.04 bits per heavy atom. The van der Waals surface area contributed by atoms with Crippen molar-refractivity contribution in [3.8, 4) is 17.1 Å². The summed E-state index contributed by atoms with van der Waals surface area (Å²) >= 11 is 8.97. The summed E-state index contributed by atoms with van der Waals surface area (Å²) in [5, 5.41) is 8.34. The fourth-order valence-corrected chi connectivity index (χ4v) is 3.25. The van der Waals surface area contributed by atoms with E-state index in [1.54, 1.807) is 6.20 Å². The van der Waals surface area contributed by atoms with Crippen LogP contribution < -0.4 is 0 Å². The zero-order valence-corrected chi connectivity index (χ0v) is 14.3. The molecule has 4 nitrogen and oxygen atoms in total. The van der Waals surface area contributed by atoms with Gasteiger partial charge in [0, 0.05) is 21.6 Å². The Labute approximate surface area is 146 Å². The molecule has 0 amide bonds. The number of benzene rings is 2. The number of H-pyrrole nitrogens is 1. The molecule has 0 spiro atoms. The number of nitrogens with one attached hydrogen (secondary N) is 1. The van der Waals surface area contributed by atoms with Crippen LogP contribution in [0.5, 0.6) is 0 Å². The highest BCUT2D eigenvalue weighted by molar-refractivity contribution is 9.10. The summed E-state index contributed by atoms with van der Waals surface area (Å²) in [4.78, 5) is 4.41. The van der Waals surface area contributed by atoms with Gasteiger partial charge in [0.1, 0.15) is 0 Å². The van der Waals surface area contributed by atoms with Gasteiger partial charge in [0.25, 0.3) is 0 Å². The number of fused-ring (bicyclic) bond motifs is 1. The molecule has 0 saturated heterocycles. The molecule has 2 aromatic heterocycles. The zero-order chi connectivity index (χ0) is 15.8. The molecule has 0 unspecified atom stereocenters. The minimum Gasteiger partial charge on any atom is -0.267 e. The van der Waals surface area contributed by atoms with Gasteiger partial charge in [0.2, 0.25) is 0 Å². The maximum atomic E-state index is 5.46. The zero-order valence-electron chi connectivity index (χ0n) is 11.9. The first-order chi connectivity index (χ1) is 11.2.